The van der Waals surface area contributed by atoms with Crippen LogP contribution in [0.5, 0.6) is 5.75 Å². The van der Waals surface area contributed by atoms with Gasteiger partial charge in [-0.15, -0.1) is 0 Å². The molecule has 0 saturated heterocycles. The largest absolute Gasteiger partial charge is 0.489 e. The minimum atomic E-state index is -4.02. The molecule has 0 aliphatic carbocycles. The smallest absolute Gasteiger partial charge is 0.296 e. The summed E-state index contributed by atoms with van der Waals surface area (Å²) in [5, 5.41) is 3.16. The molecule has 10 heteroatoms. The Morgan fingerprint density at radius 3 is 2.44 bits per heavy atom. The first-order chi connectivity index (χ1) is 14.9. The molecule has 0 fully saturated rings. The predicted molar refractivity (Wildman–Crippen MR) is 122 cm³/mol. The Morgan fingerprint density at radius 1 is 1.25 bits per heavy atom. The van der Waals surface area contributed by atoms with Crippen molar-refractivity contribution in [1.82, 2.24) is 4.98 Å². The van der Waals surface area contributed by atoms with Gasteiger partial charge < -0.3 is 20.2 Å². The van der Waals surface area contributed by atoms with Crippen molar-refractivity contribution in [3.63, 3.8) is 0 Å². The van der Waals surface area contributed by atoms with Crippen molar-refractivity contribution in [3.05, 3.63) is 59.9 Å². The highest BCUT2D eigenvalue weighted by molar-refractivity contribution is 7.85. The lowest BCUT2D eigenvalue weighted by Crippen LogP contribution is -2.26. The molecule has 0 unspecified atom stereocenters. The maximum absolute atomic E-state index is 12.4. The summed E-state index contributed by atoms with van der Waals surface area (Å²) in [7, 11) is -4.02. The van der Waals surface area contributed by atoms with Crippen molar-refractivity contribution in [1.29, 1.82) is 0 Å². The maximum atomic E-state index is 12.4. The van der Waals surface area contributed by atoms with E-state index in [0.29, 0.717) is 29.3 Å². The first kappa shape index (κ1) is 25.3. The zero-order valence-electron chi connectivity index (χ0n) is 18.4. The first-order valence-corrected chi connectivity index (χ1v) is 11.2. The zero-order chi connectivity index (χ0) is 23.9. The van der Waals surface area contributed by atoms with Crippen LogP contribution in [-0.2, 0) is 10.1 Å². The third-order valence-corrected chi connectivity index (χ3v) is 4.87. The molecular weight excluding hydrogens is 437 g/mol. The number of aryl methyl sites for hydroxylation is 1. The average molecular weight is 466 g/mol. The molecule has 0 amide bonds. The molecule has 3 rings (SSSR count). The van der Waals surface area contributed by atoms with Gasteiger partial charge in [0, 0.05) is 23.7 Å². The molecule has 3 aromatic rings. The van der Waals surface area contributed by atoms with Crippen LogP contribution in [0.2, 0.25) is 0 Å². The normalized spacial score (nSPS) is 12.3. The molecule has 32 heavy (non-hydrogen) atoms. The number of benzene rings is 2. The number of hydrogen-bond donors (Lipinski definition) is 3. The highest BCUT2D eigenvalue weighted by Gasteiger charge is 2.14. The van der Waals surface area contributed by atoms with Gasteiger partial charge in [0.05, 0.1) is 11.2 Å². The molecule has 0 aliphatic heterocycles. The fraction of sp³-hybridized carbons (Fsp3) is 0.318. The molecule has 0 radical (unpaired) electrons. The quantitative estimate of drug-likeness (QED) is 0.455. The second-order valence-corrected chi connectivity index (χ2v) is 9.49. The number of ether oxygens (including phenoxy) is 1. The molecule has 0 spiro atoms. The van der Waals surface area contributed by atoms with Crippen molar-refractivity contribution in [2.24, 2.45) is 5.73 Å². The summed E-state index contributed by atoms with van der Waals surface area (Å²) in [6, 6.07) is 11.7. The van der Waals surface area contributed by atoms with Crippen LogP contribution < -0.4 is 15.8 Å². The molecule has 2 aromatic carbocycles. The lowest BCUT2D eigenvalue weighted by Gasteiger charge is -2.18. The number of aromatic nitrogens is 1. The summed E-state index contributed by atoms with van der Waals surface area (Å²) in [6.07, 6.45) is 0.471. The van der Waals surface area contributed by atoms with E-state index in [1.54, 1.807) is 30.3 Å². The van der Waals surface area contributed by atoms with Crippen molar-refractivity contribution in [2.75, 3.05) is 18.5 Å². The molecule has 8 nitrogen and oxygen atoms in total. The molecule has 0 aliphatic rings. The van der Waals surface area contributed by atoms with E-state index in [4.69, 9.17) is 19.4 Å². The molecule has 0 atom stereocenters. The van der Waals surface area contributed by atoms with Gasteiger partial charge in [-0.3, -0.25) is 4.55 Å². The van der Waals surface area contributed by atoms with Gasteiger partial charge in [-0.1, -0.05) is 17.7 Å². The van der Waals surface area contributed by atoms with Crippen molar-refractivity contribution in [3.8, 4) is 5.75 Å². The van der Waals surface area contributed by atoms with E-state index in [9.17, 15) is 12.8 Å². The minimum absolute atomic E-state index is 0.0666. The van der Waals surface area contributed by atoms with Gasteiger partial charge in [-0.2, -0.15) is 13.4 Å². The summed E-state index contributed by atoms with van der Waals surface area (Å²) < 4.78 is 53.1. The zero-order valence-corrected chi connectivity index (χ0v) is 19.2. The van der Waals surface area contributed by atoms with Gasteiger partial charge in [-0.25, -0.2) is 4.39 Å². The van der Waals surface area contributed by atoms with Crippen molar-refractivity contribution < 1.29 is 26.5 Å². The second-order valence-electron chi connectivity index (χ2n) is 8.07. The summed E-state index contributed by atoms with van der Waals surface area (Å²) in [4.78, 5) is 4.28. The number of rotatable bonds is 6. The van der Waals surface area contributed by atoms with Crippen LogP contribution in [0.25, 0.3) is 11.1 Å². The number of halogens is 1. The monoisotopic (exact) mass is 465 g/mol. The molecule has 1 aromatic heterocycles. The molecule has 4 N–H and O–H groups in total. The van der Waals surface area contributed by atoms with Crippen LogP contribution >= 0.6 is 0 Å². The summed E-state index contributed by atoms with van der Waals surface area (Å²) in [5.41, 5.74) is 7.93. The number of hydrogen-bond acceptors (Lipinski definition) is 7. The Morgan fingerprint density at radius 2 is 1.91 bits per heavy atom. The van der Waals surface area contributed by atoms with E-state index in [1.165, 1.54) is 12.1 Å². The number of oxazole rings is 1. The fourth-order valence-electron chi connectivity index (χ4n) is 2.39. The van der Waals surface area contributed by atoms with Crippen LogP contribution in [0, 0.1) is 6.92 Å². The third-order valence-electron chi connectivity index (χ3n) is 4.00. The summed E-state index contributed by atoms with van der Waals surface area (Å²) >= 11 is 0. The average Bonchev–Trinajstić information content (AvgIpc) is 3.08. The topological polar surface area (TPSA) is 128 Å². The lowest BCUT2D eigenvalue weighted by molar-refractivity contribution is 0.347. The van der Waals surface area contributed by atoms with Crippen LogP contribution in [0.3, 0.4) is 0 Å². The number of anilines is 1. The van der Waals surface area contributed by atoms with Crippen LogP contribution in [-0.4, -0.2) is 36.6 Å². The SMILES string of the molecule is CC(C)(C)Nc1nc2ccc(OC/C(=C/F)CN)cc2o1.Cc1ccc(S(=O)(=O)O)cc1. The Kier molecular flexibility index (Phi) is 8.37. The number of nitrogens with one attached hydrogen (secondary N) is 1. The lowest BCUT2D eigenvalue weighted by atomic mass is 10.1. The Labute approximate surface area is 187 Å². The third kappa shape index (κ3) is 7.95. The van der Waals surface area contributed by atoms with E-state index in [2.05, 4.69) is 10.3 Å². The highest BCUT2D eigenvalue weighted by atomic mass is 32.2. The fourth-order valence-corrected chi connectivity index (χ4v) is 2.87. The Balaban J connectivity index is 0.000000278. The van der Waals surface area contributed by atoms with Crippen molar-refractivity contribution >= 4 is 27.2 Å². The van der Waals surface area contributed by atoms with Crippen LogP contribution in [0.1, 0.15) is 26.3 Å². The van der Waals surface area contributed by atoms with Gasteiger partial charge >= 0.3 is 0 Å². The molecule has 0 bridgehead atoms. The molecule has 1 heterocycles. The number of fused-ring (bicyclic) bond motifs is 1. The van der Waals surface area contributed by atoms with E-state index in [0.717, 1.165) is 11.1 Å². The van der Waals surface area contributed by atoms with Crippen LogP contribution in [0.15, 0.2) is 63.7 Å². The predicted octanol–water partition coefficient (Wildman–Crippen LogP) is 4.47. The standard InChI is InChI=1S/C15H20FN3O2.C7H8O3S/c1-15(2,3)19-14-18-12-5-4-11(6-13(12)21-14)20-9-10(7-16)8-17;1-6-2-4-7(5-3-6)11(8,9)10/h4-7H,8-9,17H2,1-3H3,(H,18,19);2-5H,1H3,(H,8,9,10)/b10-7+;. The van der Waals surface area contributed by atoms with Gasteiger partial charge in [-0.05, 0) is 52.0 Å². The minimum Gasteiger partial charge on any atom is -0.489 e. The van der Waals surface area contributed by atoms with Gasteiger partial charge in [0.2, 0.25) is 0 Å². The van der Waals surface area contributed by atoms with E-state index in [1.807, 2.05) is 27.7 Å². The van der Waals surface area contributed by atoms with E-state index in [-0.39, 0.29) is 23.6 Å². The summed E-state index contributed by atoms with van der Waals surface area (Å²) in [5.74, 6) is 0.578. The molecular formula is C22H28FN3O5S. The molecule has 174 valence electrons. The highest BCUT2D eigenvalue weighted by Crippen LogP contribution is 2.25. The Bertz CT molecular complexity index is 1170. The van der Waals surface area contributed by atoms with Gasteiger partial charge in [0.1, 0.15) is 17.9 Å². The first-order valence-electron chi connectivity index (χ1n) is 9.75. The maximum Gasteiger partial charge on any atom is 0.296 e. The number of nitrogens with two attached hydrogens (primary N) is 1. The summed E-state index contributed by atoms with van der Waals surface area (Å²) in [6.45, 7) is 8.14. The number of nitrogens with zero attached hydrogens (tertiary/aromatic N) is 1. The molecule has 0 saturated carbocycles. The van der Waals surface area contributed by atoms with Gasteiger partial charge in [0.25, 0.3) is 16.1 Å². The van der Waals surface area contributed by atoms with Crippen molar-refractivity contribution in [2.45, 2.75) is 38.1 Å². The Hall–Kier alpha value is -2.95. The van der Waals surface area contributed by atoms with Crippen LogP contribution in [0.4, 0.5) is 10.4 Å². The van der Waals surface area contributed by atoms with E-state index < -0.39 is 10.1 Å². The van der Waals surface area contributed by atoms with E-state index >= 15 is 0 Å². The van der Waals surface area contributed by atoms with Gasteiger partial charge in [0.15, 0.2) is 5.58 Å². The second kappa shape index (κ2) is 10.6.